The summed E-state index contributed by atoms with van der Waals surface area (Å²) in [6, 6.07) is 12.0. The molecule has 1 heterocycles. The molecule has 0 bridgehead atoms. The molecule has 1 unspecified atom stereocenters. The zero-order chi connectivity index (χ0) is 24.7. The Morgan fingerprint density at radius 1 is 1.03 bits per heavy atom. The molecule has 0 spiro atoms. The molecule has 9 nitrogen and oxygen atoms in total. The molecule has 1 aliphatic heterocycles. The van der Waals surface area contributed by atoms with E-state index in [1.807, 2.05) is 6.92 Å². The molecule has 3 rings (SSSR count). The first-order valence-corrected chi connectivity index (χ1v) is 10.9. The molecular weight excluding hydrogens is 462 g/mol. The highest BCUT2D eigenvalue weighted by Gasteiger charge is 2.34. The summed E-state index contributed by atoms with van der Waals surface area (Å²) in [6.07, 6.45) is 0. The van der Waals surface area contributed by atoms with E-state index < -0.39 is 36.5 Å². The summed E-state index contributed by atoms with van der Waals surface area (Å²) in [6.45, 7) is 2.88. The maximum Gasteiger partial charge on any atom is 0.338 e. The number of esters is 2. The van der Waals surface area contributed by atoms with E-state index in [0.717, 1.165) is 5.56 Å². The van der Waals surface area contributed by atoms with Crippen LogP contribution in [0.1, 0.15) is 34.5 Å². The lowest BCUT2D eigenvalue weighted by Gasteiger charge is -2.29. The standard InChI is InChI=1S/C24H24ClN3O6/c1-3-33-23(31)20-18(27-24(32)28-21(20)15-8-10-17(25)11-9-15)13-34-19(29)12-26-22(30)16-6-4-14(2)5-7-16/h4-11,21H,3,12-13H2,1-2H3,(H,26,30)(H2,27,28,32). The minimum atomic E-state index is -0.833. The minimum Gasteiger partial charge on any atom is -0.463 e. The fourth-order valence-electron chi connectivity index (χ4n) is 3.25. The predicted octanol–water partition coefficient (Wildman–Crippen LogP) is 2.79. The Labute approximate surface area is 201 Å². The zero-order valence-electron chi connectivity index (χ0n) is 18.6. The third-order valence-electron chi connectivity index (χ3n) is 4.94. The third kappa shape index (κ3) is 6.35. The van der Waals surface area contributed by atoms with Gasteiger partial charge in [0.1, 0.15) is 13.2 Å². The lowest BCUT2D eigenvalue weighted by atomic mass is 9.95. The zero-order valence-corrected chi connectivity index (χ0v) is 19.4. The van der Waals surface area contributed by atoms with Gasteiger partial charge in [-0.05, 0) is 43.7 Å². The molecule has 2 aromatic carbocycles. The number of rotatable bonds is 8. The van der Waals surface area contributed by atoms with Gasteiger partial charge in [0.25, 0.3) is 5.91 Å². The van der Waals surface area contributed by atoms with E-state index in [2.05, 4.69) is 16.0 Å². The molecule has 3 N–H and O–H groups in total. The number of urea groups is 1. The van der Waals surface area contributed by atoms with Gasteiger partial charge in [0, 0.05) is 10.6 Å². The Hall–Kier alpha value is -3.85. The van der Waals surface area contributed by atoms with Crippen LogP contribution in [0.15, 0.2) is 59.8 Å². The van der Waals surface area contributed by atoms with Crippen molar-refractivity contribution in [2.24, 2.45) is 0 Å². The van der Waals surface area contributed by atoms with E-state index in [4.69, 9.17) is 21.1 Å². The molecule has 0 fully saturated rings. The molecule has 2 aromatic rings. The molecule has 34 heavy (non-hydrogen) atoms. The quantitative estimate of drug-likeness (QED) is 0.494. The van der Waals surface area contributed by atoms with Crippen LogP contribution < -0.4 is 16.0 Å². The molecule has 178 valence electrons. The van der Waals surface area contributed by atoms with Crippen LogP contribution in [-0.2, 0) is 19.1 Å². The average Bonchev–Trinajstić information content (AvgIpc) is 2.81. The Morgan fingerprint density at radius 2 is 1.71 bits per heavy atom. The van der Waals surface area contributed by atoms with E-state index in [-0.39, 0.29) is 24.4 Å². The minimum absolute atomic E-state index is 0.0837. The van der Waals surface area contributed by atoms with Crippen molar-refractivity contribution in [3.05, 3.63) is 81.5 Å². The number of halogens is 1. The number of amides is 3. The van der Waals surface area contributed by atoms with Crippen molar-refractivity contribution in [2.75, 3.05) is 19.8 Å². The van der Waals surface area contributed by atoms with Crippen LogP contribution in [0.2, 0.25) is 5.02 Å². The van der Waals surface area contributed by atoms with E-state index in [9.17, 15) is 19.2 Å². The van der Waals surface area contributed by atoms with Gasteiger partial charge in [-0.2, -0.15) is 0 Å². The molecule has 1 aliphatic rings. The average molecular weight is 486 g/mol. The number of carbonyl (C=O) groups excluding carboxylic acids is 4. The molecule has 10 heteroatoms. The number of nitrogens with one attached hydrogen (secondary N) is 3. The monoisotopic (exact) mass is 485 g/mol. The highest BCUT2D eigenvalue weighted by molar-refractivity contribution is 6.30. The van der Waals surface area contributed by atoms with Gasteiger partial charge in [-0.3, -0.25) is 9.59 Å². The predicted molar refractivity (Wildman–Crippen MR) is 124 cm³/mol. The van der Waals surface area contributed by atoms with Crippen LogP contribution in [0.4, 0.5) is 4.79 Å². The topological polar surface area (TPSA) is 123 Å². The maximum atomic E-state index is 12.7. The lowest BCUT2D eigenvalue weighted by molar-refractivity contribution is -0.142. The van der Waals surface area contributed by atoms with E-state index in [1.54, 1.807) is 55.5 Å². The third-order valence-corrected chi connectivity index (χ3v) is 5.19. The second-order valence-corrected chi connectivity index (χ2v) is 7.84. The van der Waals surface area contributed by atoms with Gasteiger partial charge in [0.2, 0.25) is 0 Å². The number of aryl methyl sites for hydroxylation is 1. The molecule has 0 aliphatic carbocycles. The van der Waals surface area contributed by atoms with Gasteiger partial charge >= 0.3 is 18.0 Å². The summed E-state index contributed by atoms with van der Waals surface area (Å²) < 4.78 is 10.4. The highest BCUT2D eigenvalue weighted by Crippen LogP contribution is 2.28. The number of ether oxygens (including phenoxy) is 2. The van der Waals surface area contributed by atoms with Crippen molar-refractivity contribution in [2.45, 2.75) is 19.9 Å². The Morgan fingerprint density at radius 3 is 2.35 bits per heavy atom. The van der Waals surface area contributed by atoms with Gasteiger partial charge in [0.05, 0.1) is 23.9 Å². The number of hydrogen-bond acceptors (Lipinski definition) is 6. The molecule has 1 atom stereocenters. The summed E-state index contributed by atoms with van der Waals surface area (Å²) in [4.78, 5) is 49.4. The molecule has 0 aromatic heterocycles. The van der Waals surface area contributed by atoms with Crippen LogP contribution in [0, 0.1) is 6.92 Å². The second-order valence-electron chi connectivity index (χ2n) is 7.41. The van der Waals surface area contributed by atoms with Crippen molar-refractivity contribution >= 4 is 35.5 Å². The molecule has 0 saturated heterocycles. The van der Waals surface area contributed by atoms with Crippen LogP contribution in [-0.4, -0.2) is 43.6 Å². The van der Waals surface area contributed by atoms with Gasteiger partial charge in [-0.25, -0.2) is 9.59 Å². The number of carbonyl (C=O) groups is 4. The highest BCUT2D eigenvalue weighted by atomic mass is 35.5. The van der Waals surface area contributed by atoms with Crippen LogP contribution in [0.3, 0.4) is 0 Å². The largest absolute Gasteiger partial charge is 0.463 e. The summed E-state index contributed by atoms with van der Waals surface area (Å²) in [5.74, 6) is -1.85. The number of benzene rings is 2. The summed E-state index contributed by atoms with van der Waals surface area (Å²) >= 11 is 5.95. The first kappa shape index (κ1) is 24.8. The Bertz CT molecular complexity index is 1110. The normalized spacial score (nSPS) is 15.1. The van der Waals surface area contributed by atoms with Crippen molar-refractivity contribution in [1.29, 1.82) is 0 Å². The van der Waals surface area contributed by atoms with E-state index in [1.165, 1.54) is 0 Å². The SMILES string of the molecule is CCOC(=O)C1=C(COC(=O)CNC(=O)c2ccc(C)cc2)NC(=O)NC1c1ccc(Cl)cc1. The summed E-state index contributed by atoms with van der Waals surface area (Å²) in [7, 11) is 0. The molecule has 3 amide bonds. The lowest BCUT2D eigenvalue weighted by Crippen LogP contribution is -2.47. The van der Waals surface area contributed by atoms with E-state index in [0.29, 0.717) is 16.1 Å². The molecule has 0 saturated carbocycles. The van der Waals surface area contributed by atoms with Crippen molar-refractivity contribution < 1.29 is 28.7 Å². The second kappa shape index (κ2) is 11.3. The first-order valence-electron chi connectivity index (χ1n) is 10.5. The molecular formula is C24H24ClN3O6. The Balaban J connectivity index is 1.72. The van der Waals surface area contributed by atoms with E-state index >= 15 is 0 Å². The van der Waals surface area contributed by atoms with Gasteiger partial charge in [-0.1, -0.05) is 41.4 Å². The van der Waals surface area contributed by atoms with Gasteiger partial charge < -0.3 is 25.4 Å². The van der Waals surface area contributed by atoms with Crippen LogP contribution >= 0.6 is 11.6 Å². The number of hydrogen-bond donors (Lipinski definition) is 3. The van der Waals surface area contributed by atoms with Crippen molar-refractivity contribution in [3.8, 4) is 0 Å². The van der Waals surface area contributed by atoms with Crippen LogP contribution in [0.5, 0.6) is 0 Å². The van der Waals surface area contributed by atoms with Gasteiger partial charge in [0.15, 0.2) is 0 Å². The van der Waals surface area contributed by atoms with Crippen molar-refractivity contribution in [1.82, 2.24) is 16.0 Å². The fraction of sp³-hybridized carbons (Fsp3) is 0.250. The first-order chi connectivity index (χ1) is 16.3. The smallest absolute Gasteiger partial charge is 0.338 e. The summed E-state index contributed by atoms with van der Waals surface area (Å²) in [5.41, 5.74) is 2.18. The molecule has 0 radical (unpaired) electrons. The summed E-state index contributed by atoms with van der Waals surface area (Å²) in [5, 5.41) is 8.15. The van der Waals surface area contributed by atoms with Crippen molar-refractivity contribution in [3.63, 3.8) is 0 Å². The van der Waals surface area contributed by atoms with Gasteiger partial charge in [-0.15, -0.1) is 0 Å². The van der Waals surface area contributed by atoms with Crippen LogP contribution in [0.25, 0.3) is 0 Å². The Kier molecular flexibility index (Phi) is 8.26. The maximum absolute atomic E-state index is 12.7. The fourth-order valence-corrected chi connectivity index (χ4v) is 3.38.